The molecule has 0 aliphatic heterocycles. The Labute approximate surface area is 158 Å². The number of fused-ring (bicyclic) bond motifs is 1. The molecule has 5 nitrogen and oxygen atoms in total. The van der Waals surface area contributed by atoms with Gasteiger partial charge in [-0.3, -0.25) is 9.78 Å². The number of carbonyl (C=O) groups is 1. The molecular formula is C22H22N2O3. The number of benzene rings is 2. The molecule has 2 aromatic carbocycles. The Bertz CT molecular complexity index is 967. The summed E-state index contributed by atoms with van der Waals surface area (Å²) in [7, 11) is 1.62. The Balaban J connectivity index is 1.42. The molecule has 4 rings (SSSR count). The van der Waals surface area contributed by atoms with E-state index in [-0.39, 0.29) is 5.91 Å². The second-order valence-corrected chi connectivity index (χ2v) is 6.67. The van der Waals surface area contributed by atoms with E-state index in [1.165, 1.54) is 0 Å². The van der Waals surface area contributed by atoms with Crippen molar-refractivity contribution in [3.05, 3.63) is 65.9 Å². The normalized spacial score (nSPS) is 13.4. The Kier molecular flexibility index (Phi) is 4.92. The summed E-state index contributed by atoms with van der Waals surface area (Å²) in [6.07, 6.45) is 2.31. The maximum absolute atomic E-state index is 12.8. The number of ether oxygens (including phenoxy) is 2. The first-order valence-corrected chi connectivity index (χ1v) is 9.19. The fourth-order valence-corrected chi connectivity index (χ4v) is 3.09. The van der Waals surface area contributed by atoms with Crippen LogP contribution in [0.15, 0.2) is 54.6 Å². The summed E-state index contributed by atoms with van der Waals surface area (Å²) in [5.41, 5.74) is 2.58. The third-order valence-electron chi connectivity index (χ3n) is 4.67. The van der Waals surface area contributed by atoms with Gasteiger partial charge in [-0.05, 0) is 37.1 Å². The number of hydrogen-bond donors (Lipinski definition) is 1. The average Bonchev–Trinajstić information content (AvgIpc) is 3.56. The number of rotatable bonds is 7. The van der Waals surface area contributed by atoms with Crippen LogP contribution in [0.1, 0.15) is 34.8 Å². The van der Waals surface area contributed by atoms with Crippen molar-refractivity contribution in [1.82, 2.24) is 10.3 Å². The monoisotopic (exact) mass is 362 g/mol. The lowest BCUT2D eigenvalue weighted by atomic mass is 10.1. The highest BCUT2D eigenvalue weighted by atomic mass is 16.5. The van der Waals surface area contributed by atoms with E-state index in [0.717, 1.165) is 35.2 Å². The lowest BCUT2D eigenvalue weighted by molar-refractivity contribution is 0.0948. The highest BCUT2D eigenvalue weighted by Crippen LogP contribution is 2.40. The molecule has 5 heteroatoms. The molecule has 1 aliphatic carbocycles. The number of nitrogens with zero attached hydrogens (tertiary/aromatic N) is 1. The largest absolute Gasteiger partial charge is 0.497 e. The fourth-order valence-electron chi connectivity index (χ4n) is 3.09. The van der Waals surface area contributed by atoms with Crippen LogP contribution in [0.4, 0.5) is 0 Å². The van der Waals surface area contributed by atoms with Crippen LogP contribution >= 0.6 is 0 Å². The van der Waals surface area contributed by atoms with Crippen LogP contribution < -0.4 is 14.8 Å². The standard InChI is InChI=1S/C22H22N2O3/c1-26-16-5-4-6-17(13-16)27-12-11-23-22(25)19-14-21(15-9-10-15)24-20-8-3-2-7-18(19)20/h2-8,13-15H,9-12H2,1H3,(H,23,25). The first-order chi connectivity index (χ1) is 13.2. The molecule has 138 valence electrons. The van der Waals surface area contributed by atoms with Crippen LogP contribution in [-0.2, 0) is 0 Å². The van der Waals surface area contributed by atoms with Crippen LogP contribution in [0.25, 0.3) is 10.9 Å². The lowest BCUT2D eigenvalue weighted by Crippen LogP contribution is -2.28. The van der Waals surface area contributed by atoms with Crippen molar-refractivity contribution in [3.63, 3.8) is 0 Å². The second kappa shape index (κ2) is 7.66. The highest BCUT2D eigenvalue weighted by molar-refractivity contribution is 6.06. The summed E-state index contributed by atoms with van der Waals surface area (Å²) in [6.45, 7) is 0.808. The first-order valence-electron chi connectivity index (χ1n) is 9.19. The summed E-state index contributed by atoms with van der Waals surface area (Å²) >= 11 is 0. The van der Waals surface area contributed by atoms with Crippen molar-refractivity contribution in [2.24, 2.45) is 0 Å². The minimum atomic E-state index is -0.0928. The Morgan fingerprint density at radius 1 is 1.11 bits per heavy atom. The molecule has 1 aromatic heterocycles. The SMILES string of the molecule is COc1cccc(OCCNC(=O)c2cc(C3CC3)nc3ccccc23)c1. The molecule has 1 N–H and O–H groups in total. The van der Waals surface area contributed by atoms with E-state index >= 15 is 0 Å². The maximum Gasteiger partial charge on any atom is 0.252 e. The van der Waals surface area contributed by atoms with E-state index in [1.54, 1.807) is 7.11 Å². The molecule has 0 spiro atoms. The quantitative estimate of drug-likeness (QED) is 0.647. The van der Waals surface area contributed by atoms with Crippen LogP contribution in [0.3, 0.4) is 0 Å². The van der Waals surface area contributed by atoms with E-state index in [4.69, 9.17) is 14.5 Å². The van der Waals surface area contributed by atoms with Crippen molar-refractivity contribution < 1.29 is 14.3 Å². The molecule has 3 aromatic rings. The van der Waals surface area contributed by atoms with Crippen molar-refractivity contribution in [2.75, 3.05) is 20.3 Å². The molecule has 1 heterocycles. The molecule has 0 bridgehead atoms. The third kappa shape index (κ3) is 4.03. The number of hydrogen-bond acceptors (Lipinski definition) is 4. The molecule has 0 radical (unpaired) electrons. The Hall–Kier alpha value is -3.08. The van der Waals surface area contributed by atoms with E-state index in [0.29, 0.717) is 30.4 Å². The van der Waals surface area contributed by atoms with Gasteiger partial charge in [0.1, 0.15) is 18.1 Å². The van der Waals surface area contributed by atoms with E-state index in [1.807, 2.05) is 54.6 Å². The van der Waals surface area contributed by atoms with Crippen LogP contribution in [0.2, 0.25) is 0 Å². The first kappa shape index (κ1) is 17.3. The molecule has 27 heavy (non-hydrogen) atoms. The van der Waals surface area contributed by atoms with Crippen molar-refractivity contribution in [2.45, 2.75) is 18.8 Å². The van der Waals surface area contributed by atoms with Gasteiger partial charge in [0.25, 0.3) is 5.91 Å². The van der Waals surface area contributed by atoms with Gasteiger partial charge in [0.15, 0.2) is 0 Å². The van der Waals surface area contributed by atoms with Gasteiger partial charge in [-0.15, -0.1) is 0 Å². The predicted molar refractivity (Wildman–Crippen MR) is 105 cm³/mol. The lowest BCUT2D eigenvalue weighted by Gasteiger charge is -2.11. The van der Waals surface area contributed by atoms with Gasteiger partial charge >= 0.3 is 0 Å². The maximum atomic E-state index is 12.8. The van der Waals surface area contributed by atoms with E-state index < -0.39 is 0 Å². The van der Waals surface area contributed by atoms with Crippen molar-refractivity contribution >= 4 is 16.8 Å². The second-order valence-electron chi connectivity index (χ2n) is 6.67. The number of para-hydroxylation sites is 1. The van der Waals surface area contributed by atoms with Crippen molar-refractivity contribution in [3.8, 4) is 11.5 Å². The zero-order chi connectivity index (χ0) is 18.6. The number of methoxy groups -OCH3 is 1. The number of aromatic nitrogens is 1. The minimum Gasteiger partial charge on any atom is -0.497 e. The van der Waals surface area contributed by atoms with Crippen LogP contribution in [0, 0.1) is 0 Å². The fraction of sp³-hybridized carbons (Fsp3) is 0.273. The molecule has 0 saturated heterocycles. The van der Waals surface area contributed by atoms with Gasteiger partial charge in [0.2, 0.25) is 0 Å². The molecule has 0 unspecified atom stereocenters. The highest BCUT2D eigenvalue weighted by Gasteiger charge is 2.26. The van der Waals surface area contributed by atoms with E-state index in [2.05, 4.69) is 5.32 Å². The smallest absolute Gasteiger partial charge is 0.252 e. The van der Waals surface area contributed by atoms with Gasteiger partial charge in [-0.2, -0.15) is 0 Å². The summed E-state index contributed by atoms with van der Waals surface area (Å²) < 4.78 is 10.9. The van der Waals surface area contributed by atoms with Crippen molar-refractivity contribution in [1.29, 1.82) is 0 Å². The van der Waals surface area contributed by atoms with Gasteiger partial charge in [0, 0.05) is 23.1 Å². The van der Waals surface area contributed by atoms with Gasteiger partial charge in [-0.1, -0.05) is 24.3 Å². The van der Waals surface area contributed by atoms with Gasteiger partial charge in [0.05, 0.1) is 24.7 Å². The molecule has 1 saturated carbocycles. The molecular weight excluding hydrogens is 340 g/mol. The molecule has 1 aliphatic rings. The summed E-state index contributed by atoms with van der Waals surface area (Å²) in [5.74, 6) is 1.86. The summed E-state index contributed by atoms with van der Waals surface area (Å²) in [4.78, 5) is 17.5. The summed E-state index contributed by atoms with van der Waals surface area (Å²) in [6, 6.07) is 17.2. The average molecular weight is 362 g/mol. The molecule has 1 amide bonds. The Morgan fingerprint density at radius 3 is 2.74 bits per heavy atom. The zero-order valence-corrected chi connectivity index (χ0v) is 15.3. The third-order valence-corrected chi connectivity index (χ3v) is 4.67. The summed E-state index contributed by atoms with van der Waals surface area (Å²) in [5, 5.41) is 3.84. The predicted octanol–water partition coefficient (Wildman–Crippen LogP) is 3.93. The van der Waals surface area contributed by atoms with Crippen LogP contribution in [-0.4, -0.2) is 31.2 Å². The molecule has 0 atom stereocenters. The van der Waals surface area contributed by atoms with Gasteiger partial charge < -0.3 is 14.8 Å². The number of nitrogens with one attached hydrogen (secondary N) is 1. The number of pyridine rings is 1. The number of carbonyl (C=O) groups excluding carboxylic acids is 1. The van der Waals surface area contributed by atoms with Gasteiger partial charge in [-0.25, -0.2) is 0 Å². The zero-order valence-electron chi connectivity index (χ0n) is 15.3. The number of amides is 1. The Morgan fingerprint density at radius 2 is 1.93 bits per heavy atom. The van der Waals surface area contributed by atoms with Crippen LogP contribution in [0.5, 0.6) is 11.5 Å². The van der Waals surface area contributed by atoms with E-state index in [9.17, 15) is 4.79 Å². The topological polar surface area (TPSA) is 60.5 Å². The minimum absolute atomic E-state index is 0.0928. The molecule has 1 fully saturated rings.